The summed E-state index contributed by atoms with van der Waals surface area (Å²) >= 11 is 1.60. The van der Waals surface area contributed by atoms with Gasteiger partial charge in [0.25, 0.3) is 0 Å². The van der Waals surface area contributed by atoms with Crippen LogP contribution >= 0.6 is 11.3 Å². The number of nitrogen functional groups attached to an aromatic ring is 1. The van der Waals surface area contributed by atoms with Crippen molar-refractivity contribution < 1.29 is 0 Å². The van der Waals surface area contributed by atoms with Crippen molar-refractivity contribution in [1.82, 2.24) is 15.0 Å². The van der Waals surface area contributed by atoms with Gasteiger partial charge in [0.15, 0.2) is 0 Å². The van der Waals surface area contributed by atoms with Gasteiger partial charge in [0.05, 0.1) is 5.69 Å². The van der Waals surface area contributed by atoms with E-state index in [0.717, 1.165) is 18.8 Å². The molecular weight excluding hydrogens is 262 g/mol. The Balaban J connectivity index is 2.30. The Bertz CT molecular complexity index is 510. The van der Waals surface area contributed by atoms with Crippen LogP contribution in [-0.2, 0) is 0 Å². The molecule has 0 aliphatic heterocycles. The maximum absolute atomic E-state index is 5.40. The third-order valence-corrected chi connectivity index (χ3v) is 3.26. The van der Waals surface area contributed by atoms with Gasteiger partial charge in [0.1, 0.15) is 0 Å². The molecule has 0 saturated heterocycles. The summed E-state index contributed by atoms with van der Waals surface area (Å²) < 4.78 is 0. The average Bonchev–Trinajstić information content (AvgIpc) is 2.93. The van der Waals surface area contributed by atoms with E-state index in [0.29, 0.717) is 17.8 Å². The highest BCUT2D eigenvalue weighted by Crippen LogP contribution is 2.19. The molecule has 0 radical (unpaired) electrons. The van der Waals surface area contributed by atoms with Crippen LogP contribution < -0.4 is 21.5 Å². The molecule has 0 unspecified atom stereocenters. The van der Waals surface area contributed by atoms with Gasteiger partial charge < -0.3 is 10.2 Å². The lowest BCUT2D eigenvalue weighted by atomic mass is 10.5. The van der Waals surface area contributed by atoms with E-state index in [1.807, 2.05) is 21.7 Å². The van der Waals surface area contributed by atoms with Crippen molar-refractivity contribution in [3.8, 4) is 0 Å². The van der Waals surface area contributed by atoms with E-state index in [1.54, 1.807) is 11.3 Å². The molecule has 0 amide bonds. The zero-order valence-electron chi connectivity index (χ0n) is 10.9. The first-order chi connectivity index (χ1) is 9.26. The predicted molar refractivity (Wildman–Crippen MR) is 78.8 cm³/mol. The summed E-state index contributed by atoms with van der Waals surface area (Å²) in [5.74, 6) is 6.82. The molecular formula is C11H17N7S. The molecule has 0 fully saturated rings. The Morgan fingerprint density at radius 1 is 1.21 bits per heavy atom. The molecule has 2 heterocycles. The smallest absolute Gasteiger partial charge is 0.243 e. The number of anilines is 4. The maximum atomic E-state index is 5.40. The van der Waals surface area contributed by atoms with E-state index in [1.165, 1.54) is 0 Å². The van der Waals surface area contributed by atoms with Crippen molar-refractivity contribution in [2.45, 2.75) is 13.8 Å². The predicted octanol–water partition coefficient (Wildman–Crippen LogP) is 1.81. The van der Waals surface area contributed by atoms with Crippen molar-refractivity contribution in [1.29, 1.82) is 0 Å². The van der Waals surface area contributed by atoms with E-state index in [-0.39, 0.29) is 0 Å². The van der Waals surface area contributed by atoms with E-state index < -0.39 is 0 Å². The van der Waals surface area contributed by atoms with Crippen molar-refractivity contribution >= 4 is 34.9 Å². The molecule has 7 nitrogen and oxygen atoms in total. The fraction of sp³-hybridized carbons (Fsp3) is 0.364. The lowest BCUT2D eigenvalue weighted by molar-refractivity contribution is 0.814. The second-order valence-electron chi connectivity index (χ2n) is 3.74. The Morgan fingerprint density at radius 3 is 2.53 bits per heavy atom. The molecule has 19 heavy (non-hydrogen) atoms. The van der Waals surface area contributed by atoms with Crippen LogP contribution in [0, 0.1) is 0 Å². The molecule has 8 heteroatoms. The maximum Gasteiger partial charge on any atom is 0.243 e. The standard InChI is InChI=1S/C11H17N7S/c1-3-18(4-2)11-15-9(14-10(16-11)17-12)13-8-5-6-19-7-8/h5-7H,3-4,12H2,1-2H3,(H2,13,14,15,16,17). The lowest BCUT2D eigenvalue weighted by Crippen LogP contribution is -2.25. The summed E-state index contributed by atoms with van der Waals surface area (Å²) in [4.78, 5) is 14.9. The minimum Gasteiger partial charge on any atom is -0.341 e. The molecule has 4 N–H and O–H groups in total. The van der Waals surface area contributed by atoms with Gasteiger partial charge >= 0.3 is 0 Å². The zero-order valence-corrected chi connectivity index (χ0v) is 11.7. The van der Waals surface area contributed by atoms with Crippen LogP contribution in [0.15, 0.2) is 16.8 Å². The lowest BCUT2D eigenvalue weighted by Gasteiger charge is -2.19. The number of rotatable bonds is 6. The second kappa shape index (κ2) is 6.30. The quantitative estimate of drug-likeness (QED) is 0.548. The van der Waals surface area contributed by atoms with E-state index in [9.17, 15) is 0 Å². The highest BCUT2D eigenvalue weighted by Gasteiger charge is 2.10. The van der Waals surface area contributed by atoms with E-state index >= 15 is 0 Å². The molecule has 0 atom stereocenters. The van der Waals surface area contributed by atoms with E-state index in [4.69, 9.17) is 5.84 Å². The Kier molecular flexibility index (Phi) is 4.48. The Hall–Kier alpha value is -1.93. The minimum atomic E-state index is 0.342. The summed E-state index contributed by atoms with van der Waals surface area (Å²) in [5.41, 5.74) is 3.41. The number of nitrogens with two attached hydrogens (primary N) is 1. The number of hydrogen-bond donors (Lipinski definition) is 3. The molecule has 0 aromatic carbocycles. The van der Waals surface area contributed by atoms with E-state index in [2.05, 4.69) is 39.5 Å². The fourth-order valence-electron chi connectivity index (χ4n) is 1.60. The Labute approximate surface area is 115 Å². The van der Waals surface area contributed by atoms with Crippen LogP contribution in [0.25, 0.3) is 0 Å². The fourth-order valence-corrected chi connectivity index (χ4v) is 2.19. The van der Waals surface area contributed by atoms with Crippen molar-refractivity contribution in [2.24, 2.45) is 5.84 Å². The largest absolute Gasteiger partial charge is 0.341 e. The summed E-state index contributed by atoms with van der Waals surface area (Å²) in [5, 5.41) is 7.09. The average molecular weight is 279 g/mol. The minimum absolute atomic E-state index is 0.342. The second-order valence-corrected chi connectivity index (χ2v) is 4.52. The molecule has 0 spiro atoms. The van der Waals surface area contributed by atoms with Crippen molar-refractivity contribution in [3.63, 3.8) is 0 Å². The van der Waals surface area contributed by atoms with Crippen molar-refractivity contribution in [2.75, 3.05) is 28.7 Å². The number of nitrogens with one attached hydrogen (secondary N) is 2. The number of aromatic nitrogens is 3. The highest BCUT2D eigenvalue weighted by molar-refractivity contribution is 7.08. The molecule has 2 rings (SSSR count). The van der Waals surface area contributed by atoms with Crippen LogP contribution in [0.2, 0.25) is 0 Å². The normalized spacial score (nSPS) is 10.3. The van der Waals surface area contributed by atoms with Gasteiger partial charge in [-0.1, -0.05) is 0 Å². The molecule has 2 aromatic heterocycles. The number of hydrogen-bond acceptors (Lipinski definition) is 8. The third-order valence-electron chi connectivity index (χ3n) is 2.58. The van der Waals surface area contributed by atoms with Gasteiger partial charge in [0.2, 0.25) is 17.8 Å². The highest BCUT2D eigenvalue weighted by atomic mass is 32.1. The molecule has 0 aliphatic rings. The number of thiophene rings is 1. The van der Waals surface area contributed by atoms with Gasteiger partial charge in [-0.2, -0.15) is 26.3 Å². The van der Waals surface area contributed by atoms with Crippen LogP contribution in [0.4, 0.5) is 23.5 Å². The van der Waals surface area contributed by atoms with Crippen LogP contribution in [0.5, 0.6) is 0 Å². The summed E-state index contributed by atoms with van der Waals surface area (Å²) in [6.45, 7) is 5.74. The summed E-state index contributed by atoms with van der Waals surface area (Å²) in [7, 11) is 0. The van der Waals surface area contributed by atoms with Crippen molar-refractivity contribution in [3.05, 3.63) is 16.8 Å². The third kappa shape index (κ3) is 3.30. The topological polar surface area (TPSA) is 92.0 Å². The van der Waals surface area contributed by atoms with Crippen LogP contribution in [0.1, 0.15) is 13.8 Å². The van der Waals surface area contributed by atoms with Gasteiger partial charge in [0, 0.05) is 18.5 Å². The molecule has 2 aromatic rings. The van der Waals surface area contributed by atoms with Crippen LogP contribution in [0.3, 0.4) is 0 Å². The Morgan fingerprint density at radius 2 is 1.95 bits per heavy atom. The molecule has 0 aliphatic carbocycles. The number of hydrazine groups is 1. The van der Waals surface area contributed by atoms with Gasteiger partial charge in [-0.25, -0.2) is 5.84 Å². The molecule has 102 valence electrons. The molecule has 0 saturated carbocycles. The molecule has 0 bridgehead atoms. The summed E-state index contributed by atoms with van der Waals surface area (Å²) in [6, 6.07) is 1.96. The van der Waals surface area contributed by atoms with Gasteiger partial charge in [-0.05, 0) is 25.3 Å². The number of nitrogens with zero attached hydrogens (tertiary/aromatic N) is 4. The monoisotopic (exact) mass is 279 g/mol. The first-order valence-electron chi connectivity index (χ1n) is 6.03. The summed E-state index contributed by atoms with van der Waals surface area (Å²) in [6.07, 6.45) is 0. The van der Waals surface area contributed by atoms with Gasteiger partial charge in [-0.3, -0.25) is 5.43 Å². The van der Waals surface area contributed by atoms with Gasteiger partial charge in [-0.15, -0.1) is 0 Å². The first kappa shape index (κ1) is 13.5. The zero-order chi connectivity index (χ0) is 13.7. The van der Waals surface area contributed by atoms with Crippen LogP contribution in [-0.4, -0.2) is 28.0 Å². The SMILES string of the molecule is CCN(CC)c1nc(NN)nc(Nc2ccsc2)n1. The first-order valence-corrected chi connectivity index (χ1v) is 6.98.